The van der Waals surface area contributed by atoms with Crippen LogP contribution in [0.5, 0.6) is 0 Å². The highest BCUT2D eigenvalue weighted by molar-refractivity contribution is 7.16. The van der Waals surface area contributed by atoms with Crippen molar-refractivity contribution in [2.45, 2.75) is 0 Å². The van der Waals surface area contributed by atoms with Crippen molar-refractivity contribution in [3.8, 4) is 0 Å². The van der Waals surface area contributed by atoms with Gasteiger partial charge in [-0.25, -0.2) is 9.97 Å². The van der Waals surface area contributed by atoms with E-state index in [0.717, 1.165) is 29.1 Å². The summed E-state index contributed by atoms with van der Waals surface area (Å²) >= 11 is 1.62. The SMILES string of the molecule is COCCN(CCN)c1ncnc2sccc12. The largest absolute Gasteiger partial charge is 0.383 e. The highest BCUT2D eigenvalue weighted by Gasteiger charge is 2.11. The summed E-state index contributed by atoms with van der Waals surface area (Å²) in [7, 11) is 1.70. The molecule has 5 nitrogen and oxygen atoms in total. The van der Waals surface area contributed by atoms with Crippen LogP contribution in [0.15, 0.2) is 17.8 Å². The zero-order valence-electron chi connectivity index (χ0n) is 9.80. The summed E-state index contributed by atoms with van der Waals surface area (Å²) in [5.41, 5.74) is 5.63. The van der Waals surface area contributed by atoms with Crippen LogP contribution in [-0.4, -0.2) is 43.3 Å². The lowest BCUT2D eigenvalue weighted by Crippen LogP contribution is -2.33. The number of nitrogens with zero attached hydrogens (tertiary/aromatic N) is 3. The van der Waals surface area contributed by atoms with Gasteiger partial charge >= 0.3 is 0 Å². The molecule has 0 aliphatic carbocycles. The molecule has 0 aliphatic rings. The molecular weight excluding hydrogens is 236 g/mol. The fraction of sp³-hybridized carbons (Fsp3) is 0.455. The number of ether oxygens (including phenoxy) is 1. The molecule has 0 aromatic carbocycles. The summed E-state index contributed by atoms with van der Waals surface area (Å²) < 4.78 is 5.11. The molecule has 2 aromatic rings. The highest BCUT2D eigenvalue weighted by atomic mass is 32.1. The lowest BCUT2D eigenvalue weighted by atomic mass is 10.3. The van der Waals surface area contributed by atoms with Gasteiger partial charge in [0.05, 0.1) is 12.0 Å². The number of hydrogen-bond donors (Lipinski definition) is 1. The van der Waals surface area contributed by atoms with Crippen LogP contribution in [0.1, 0.15) is 0 Å². The number of fused-ring (bicyclic) bond motifs is 1. The summed E-state index contributed by atoms with van der Waals surface area (Å²) in [6.45, 7) is 2.82. The molecule has 0 amide bonds. The fourth-order valence-electron chi connectivity index (χ4n) is 1.71. The van der Waals surface area contributed by atoms with Gasteiger partial charge in [-0.3, -0.25) is 0 Å². The lowest BCUT2D eigenvalue weighted by molar-refractivity contribution is 0.205. The Morgan fingerprint density at radius 2 is 2.29 bits per heavy atom. The Hall–Kier alpha value is -1.24. The first-order chi connectivity index (χ1) is 8.36. The second-order valence-electron chi connectivity index (χ2n) is 3.61. The molecule has 2 N–H and O–H groups in total. The minimum absolute atomic E-state index is 0.597. The summed E-state index contributed by atoms with van der Waals surface area (Å²) in [4.78, 5) is 11.8. The van der Waals surface area contributed by atoms with Crippen molar-refractivity contribution in [3.63, 3.8) is 0 Å². The fourth-order valence-corrected chi connectivity index (χ4v) is 2.44. The van der Waals surface area contributed by atoms with E-state index in [0.29, 0.717) is 13.2 Å². The third kappa shape index (κ3) is 2.71. The van der Waals surface area contributed by atoms with Crippen LogP contribution in [0.3, 0.4) is 0 Å². The van der Waals surface area contributed by atoms with E-state index >= 15 is 0 Å². The molecule has 2 rings (SSSR count). The number of anilines is 1. The van der Waals surface area contributed by atoms with Crippen LogP contribution in [0.2, 0.25) is 0 Å². The zero-order chi connectivity index (χ0) is 12.1. The molecule has 2 aromatic heterocycles. The van der Waals surface area contributed by atoms with E-state index in [2.05, 4.69) is 14.9 Å². The Balaban J connectivity index is 2.30. The molecule has 0 bridgehead atoms. The average Bonchev–Trinajstić information content (AvgIpc) is 2.82. The van der Waals surface area contributed by atoms with Gasteiger partial charge in [-0.1, -0.05) is 0 Å². The Bertz CT molecular complexity index is 473. The van der Waals surface area contributed by atoms with E-state index < -0.39 is 0 Å². The van der Waals surface area contributed by atoms with Gasteiger partial charge < -0.3 is 15.4 Å². The van der Waals surface area contributed by atoms with Crippen molar-refractivity contribution in [2.75, 3.05) is 38.3 Å². The molecule has 2 heterocycles. The maximum atomic E-state index is 5.63. The number of thiophene rings is 1. The van der Waals surface area contributed by atoms with Crippen LogP contribution in [-0.2, 0) is 4.74 Å². The van der Waals surface area contributed by atoms with E-state index in [1.165, 1.54) is 0 Å². The molecule has 0 fully saturated rings. The van der Waals surface area contributed by atoms with Crippen LogP contribution in [0, 0.1) is 0 Å². The average molecular weight is 252 g/mol. The standard InChI is InChI=1S/C11H16N4OS/c1-16-6-5-15(4-3-12)10-9-2-7-17-11(9)14-8-13-10/h2,7-8H,3-6,12H2,1H3. The van der Waals surface area contributed by atoms with E-state index in [4.69, 9.17) is 10.5 Å². The van der Waals surface area contributed by atoms with Gasteiger partial charge in [0.25, 0.3) is 0 Å². The minimum atomic E-state index is 0.597. The number of methoxy groups -OCH3 is 1. The molecule has 92 valence electrons. The summed E-state index contributed by atoms with van der Waals surface area (Å²) in [5, 5.41) is 3.11. The molecule has 0 saturated carbocycles. The van der Waals surface area contributed by atoms with Gasteiger partial charge in [-0.15, -0.1) is 11.3 Å². The smallest absolute Gasteiger partial charge is 0.140 e. The number of aromatic nitrogens is 2. The monoisotopic (exact) mass is 252 g/mol. The quantitative estimate of drug-likeness (QED) is 0.834. The van der Waals surface area contributed by atoms with E-state index in [1.54, 1.807) is 24.8 Å². The predicted molar refractivity (Wildman–Crippen MR) is 70.6 cm³/mol. The first kappa shape index (κ1) is 12.2. The molecule has 0 spiro atoms. The molecule has 0 radical (unpaired) electrons. The van der Waals surface area contributed by atoms with Crippen LogP contribution in [0.4, 0.5) is 5.82 Å². The van der Waals surface area contributed by atoms with Crippen LogP contribution in [0.25, 0.3) is 10.2 Å². The second kappa shape index (κ2) is 5.90. The van der Waals surface area contributed by atoms with E-state index in [-0.39, 0.29) is 0 Å². The van der Waals surface area contributed by atoms with Gasteiger partial charge in [0.15, 0.2) is 0 Å². The van der Waals surface area contributed by atoms with Crippen molar-refractivity contribution < 1.29 is 4.74 Å². The summed E-state index contributed by atoms with van der Waals surface area (Å²) in [5.74, 6) is 0.943. The third-order valence-corrected chi connectivity index (χ3v) is 3.33. The maximum Gasteiger partial charge on any atom is 0.140 e. The summed E-state index contributed by atoms with van der Waals surface area (Å²) in [6.07, 6.45) is 1.60. The van der Waals surface area contributed by atoms with E-state index in [1.807, 2.05) is 11.4 Å². The molecule has 0 aliphatic heterocycles. The number of rotatable bonds is 6. The molecule has 17 heavy (non-hydrogen) atoms. The molecule has 0 unspecified atom stereocenters. The Morgan fingerprint density at radius 3 is 3.06 bits per heavy atom. The Kier molecular flexibility index (Phi) is 4.24. The van der Waals surface area contributed by atoms with Gasteiger partial charge in [-0.05, 0) is 11.4 Å². The maximum absolute atomic E-state index is 5.63. The topological polar surface area (TPSA) is 64.3 Å². The van der Waals surface area contributed by atoms with Crippen LogP contribution >= 0.6 is 11.3 Å². The van der Waals surface area contributed by atoms with Gasteiger partial charge in [-0.2, -0.15) is 0 Å². The Labute approximate surface area is 104 Å². The molecule has 0 atom stereocenters. The number of hydrogen-bond acceptors (Lipinski definition) is 6. The predicted octanol–water partition coefficient (Wildman–Crippen LogP) is 1.10. The lowest BCUT2D eigenvalue weighted by Gasteiger charge is -2.23. The van der Waals surface area contributed by atoms with Gasteiger partial charge in [0.2, 0.25) is 0 Å². The van der Waals surface area contributed by atoms with E-state index in [9.17, 15) is 0 Å². The second-order valence-corrected chi connectivity index (χ2v) is 4.50. The van der Waals surface area contributed by atoms with Gasteiger partial charge in [0, 0.05) is 26.7 Å². The van der Waals surface area contributed by atoms with Crippen molar-refractivity contribution in [1.82, 2.24) is 9.97 Å². The van der Waals surface area contributed by atoms with Crippen LogP contribution < -0.4 is 10.6 Å². The highest BCUT2D eigenvalue weighted by Crippen LogP contribution is 2.26. The van der Waals surface area contributed by atoms with Crippen molar-refractivity contribution >= 4 is 27.4 Å². The molecule has 0 saturated heterocycles. The normalized spacial score (nSPS) is 10.9. The summed E-state index contributed by atoms with van der Waals surface area (Å²) in [6, 6.07) is 2.05. The van der Waals surface area contributed by atoms with Crippen molar-refractivity contribution in [1.29, 1.82) is 0 Å². The van der Waals surface area contributed by atoms with Crippen molar-refractivity contribution in [2.24, 2.45) is 5.73 Å². The molecule has 6 heteroatoms. The van der Waals surface area contributed by atoms with Crippen molar-refractivity contribution in [3.05, 3.63) is 17.8 Å². The first-order valence-electron chi connectivity index (χ1n) is 5.49. The minimum Gasteiger partial charge on any atom is -0.383 e. The third-order valence-electron chi connectivity index (χ3n) is 2.50. The van der Waals surface area contributed by atoms with Gasteiger partial charge in [0.1, 0.15) is 17.0 Å². The first-order valence-corrected chi connectivity index (χ1v) is 6.37. The molecular formula is C11H16N4OS. The number of nitrogens with two attached hydrogens (primary N) is 1. The zero-order valence-corrected chi connectivity index (χ0v) is 10.6. The Morgan fingerprint density at radius 1 is 1.41 bits per heavy atom.